The summed E-state index contributed by atoms with van der Waals surface area (Å²) in [4.78, 5) is 40.8. The third kappa shape index (κ3) is 4.94. The van der Waals surface area contributed by atoms with E-state index in [2.05, 4.69) is 5.32 Å². The number of methoxy groups -OCH3 is 2. The molecule has 2 aliphatic rings. The summed E-state index contributed by atoms with van der Waals surface area (Å²) < 4.78 is 10.6. The number of hydrogen-bond donors (Lipinski definition) is 1. The van der Waals surface area contributed by atoms with E-state index in [0.717, 1.165) is 24.0 Å². The Morgan fingerprint density at radius 1 is 1.03 bits per heavy atom. The smallest absolute Gasteiger partial charge is 0.251 e. The number of nitrogens with one attached hydrogen (secondary N) is 1. The number of piperazine rings is 1. The minimum absolute atomic E-state index is 0.0163. The molecule has 3 amide bonds. The van der Waals surface area contributed by atoms with E-state index in [1.165, 1.54) is 0 Å². The van der Waals surface area contributed by atoms with Crippen molar-refractivity contribution in [3.63, 3.8) is 0 Å². The molecule has 2 aliphatic heterocycles. The van der Waals surface area contributed by atoms with Gasteiger partial charge in [-0.3, -0.25) is 14.4 Å². The lowest BCUT2D eigenvalue weighted by Gasteiger charge is -2.36. The van der Waals surface area contributed by atoms with Crippen LogP contribution < -0.4 is 14.8 Å². The van der Waals surface area contributed by atoms with Crippen molar-refractivity contribution in [3.05, 3.63) is 59.2 Å². The molecule has 2 aromatic carbocycles. The fourth-order valence-corrected chi connectivity index (χ4v) is 4.44. The fourth-order valence-electron chi connectivity index (χ4n) is 4.44. The van der Waals surface area contributed by atoms with Gasteiger partial charge in [0.2, 0.25) is 11.8 Å². The average Bonchev–Trinajstić information content (AvgIpc) is 3.33. The van der Waals surface area contributed by atoms with Gasteiger partial charge in [-0.05, 0) is 54.7 Å². The molecule has 2 saturated heterocycles. The second kappa shape index (κ2) is 9.94. The van der Waals surface area contributed by atoms with Crippen molar-refractivity contribution < 1.29 is 23.9 Å². The first-order chi connectivity index (χ1) is 16.0. The number of amides is 3. The summed E-state index contributed by atoms with van der Waals surface area (Å²) in [7, 11) is 3.19. The number of carbonyl (C=O) groups is 3. The van der Waals surface area contributed by atoms with Gasteiger partial charge in [0.25, 0.3) is 5.91 Å². The Labute approximate surface area is 193 Å². The summed E-state index contributed by atoms with van der Waals surface area (Å²) in [5.41, 5.74) is 2.48. The van der Waals surface area contributed by atoms with Gasteiger partial charge in [0, 0.05) is 25.2 Å². The molecule has 0 radical (unpaired) electrons. The summed E-state index contributed by atoms with van der Waals surface area (Å²) in [5.74, 6) is 1.20. The third-order valence-electron chi connectivity index (χ3n) is 6.23. The number of nitrogens with zero attached hydrogens (tertiary/aromatic N) is 2. The Kier molecular flexibility index (Phi) is 6.82. The van der Waals surface area contributed by atoms with Gasteiger partial charge in [0.15, 0.2) is 11.5 Å². The van der Waals surface area contributed by atoms with Crippen LogP contribution in [0.1, 0.15) is 34.3 Å². The zero-order chi connectivity index (χ0) is 23.4. The molecule has 4 rings (SSSR count). The zero-order valence-corrected chi connectivity index (χ0v) is 19.0. The molecule has 0 aliphatic carbocycles. The molecule has 8 nitrogen and oxygen atoms in total. The minimum Gasteiger partial charge on any atom is -0.493 e. The second-order valence-electron chi connectivity index (χ2n) is 8.33. The van der Waals surface area contributed by atoms with E-state index in [1.54, 1.807) is 36.2 Å². The molecule has 33 heavy (non-hydrogen) atoms. The van der Waals surface area contributed by atoms with Gasteiger partial charge >= 0.3 is 0 Å². The van der Waals surface area contributed by atoms with Gasteiger partial charge in [-0.2, -0.15) is 0 Å². The summed E-state index contributed by atoms with van der Waals surface area (Å²) in [6, 6.07) is 12.6. The number of carbonyl (C=O) groups excluding carboxylic acids is 3. The molecule has 0 aromatic heterocycles. The lowest BCUT2D eigenvalue weighted by molar-refractivity contribution is -0.154. The first kappa shape index (κ1) is 22.6. The van der Waals surface area contributed by atoms with Crippen LogP contribution in [-0.2, 0) is 22.6 Å². The van der Waals surface area contributed by atoms with Crippen LogP contribution in [0.2, 0.25) is 0 Å². The highest BCUT2D eigenvalue weighted by Crippen LogP contribution is 2.27. The Morgan fingerprint density at radius 3 is 2.48 bits per heavy atom. The molecule has 0 bridgehead atoms. The predicted octanol–water partition coefficient (Wildman–Crippen LogP) is 2.01. The zero-order valence-electron chi connectivity index (χ0n) is 19.0. The maximum Gasteiger partial charge on any atom is 0.251 e. The molecule has 2 fully saturated rings. The molecule has 174 valence electrons. The van der Waals surface area contributed by atoms with Crippen molar-refractivity contribution in [2.24, 2.45) is 0 Å². The maximum absolute atomic E-state index is 12.7. The monoisotopic (exact) mass is 451 g/mol. The fraction of sp³-hybridized carbons (Fsp3) is 0.400. The molecule has 0 unspecified atom stereocenters. The van der Waals surface area contributed by atoms with Crippen LogP contribution in [0.15, 0.2) is 42.5 Å². The highest BCUT2D eigenvalue weighted by Gasteiger charge is 2.41. The first-order valence-electron chi connectivity index (χ1n) is 11.2. The van der Waals surface area contributed by atoms with Gasteiger partial charge in [0.1, 0.15) is 12.6 Å². The van der Waals surface area contributed by atoms with Gasteiger partial charge in [-0.1, -0.05) is 18.2 Å². The summed E-state index contributed by atoms with van der Waals surface area (Å²) in [6.45, 7) is 1.65. The third-order valence-corrected chi connectivity index (χ3v) is 6.23. The van der Waals surface area contributed by atoms with Gasteiger partial charge in [0.05, 0.1) is 14.2 Å². The van der Waals surface area contributed by atoms with Crippen LogP contribution in [0.25, 0.3) is 0 Å². The molecule has 2 heterocycles. The lowest BCUT2D eigenvalue weighted by atomic mass is 10.1. The van der Waals surface area contributed by atoms with Crippen molar-refractivity contribution in [1.82, 2.24) is 15.1 Å². The highest BCUT2D eigenvalue weighted by molar-refractivity contribution is 5.95. The van der Waals surface area contributed by atoms with Gasteiger partial charge < -0.3 is 24.6 Å². The minimum atomic E-state index is -0.304. The second-order valence-corrected chi connectivity index (χ2v) is 8.33. The predicted molar refractivity (Wildman–Crippen MR) is 122 cm³/mol. The summed E-state index contributed by atoms with van der Waals surface area (Å²) in [5, 5.41) is 2.93. The van der Waals surface area contributed by atoms with E-state index < -0.39 is 0 Å². The van der Waals surface area contributed by atoms with E-state index in [-0.39, 0.29) is 30.3 Å². The number of hydrogen-bond acceptors (Lipinski definition) is 5. The van der Waals surface area contributed by atoms with E-state index in [1.807, 2.05) is 30.3 Å². The normalized spacial score (nSPS) is 17.7. The molecule has 8 heteroatoms. The van der Waals surface area contributed by atoms with Crippen LogP contribution in [-0.4, -0.2) is 67.4 Å². The first-order valence-corrected chi connectivity index (χ1v) is 11.2. The summed E-state index contributed by atoms with van der Waals surface area (Å²) in [6.07, 6.45) is 2.28. The Hall–Kier alpha value is -3.55. The Bertz CT molecular complexity index is 1040. The standard InChI is InChI=1S/C25H29N3O5/c1-32-21-10-7-17(14-22(21)33-2)11-12-26-24(30)19-8-5-18(6-9-19)15-27-16-23(29)28-13-3-4-20(28)25(27)31/h5-10,14,20H,3-4,11-13,15-16H2,1-2H3,(H,26,30)/t20-/m0/s1. The Balaban J connectivity index is 1.29. The van der Waals surface area contributed by atoms with E-state index in [0.29, 0.717) is 43.1 Å². The average molecular weight is 452 g/mol. The van der Waals surface area contributed by atoms with E-state index in [9.17, 15) is 14.4 Å². The van der Waals surface area contributed by atoms with Gasteiger partial charge in [-0.25, -0.2) is 0 Å². The largest absolute Gasteiger partial charge is 0.493 e. The molecule has 2 aromatic rings. The van der Waals surface area contributed by atoms with Crippen molar-refractivity contribution in [2.45, 2.75) is 31.8 Å². The number of rotatable bonds is 8. The highest BCUT2D eigenvalue weighted by atomic mass is 16.5. The molecule has 1 atom stereocenters. The van der Waals surface area contributed by atoms with Crippen LogP contribution in [0.5, 0.6) is 11.5 Å². The number of ether oxygens (including phenoxy) is 2. The SMILES string of the molecule is COc1ccc(CCNC(=O)c2ccc(CN3CC(=O)N4CCC[C@H]4C3=O)cc2)cc1OC. The number of benzene rings is 2. The van der Waals surface area contributed by atoms with E-state index in [4.69, 9.17) is 9.47 Å². The van der Waals surface area contributed by atoms with Crippen molar-refractivity contribution in [1.29, 1.82) is 0 Å². The maximum atomic E-state index is 12.7. The molecule has 1 N–H and O–H groups in total. The van der Waals surface area contributed by atoms with Crippen molar-refractivity contribution >= 4 is 17.7 Å². The van der Waals surface area contributed by atoms with Crippen molar-refractivity contribution in [3.8, 4) is 11.5 Å². The van der Waals surface area contributed by atoms with E-state index >= 15 is 0 Å². The quantitative estimate of drug-likeness (QED) is 0.663. The molecular formula is C25H29N3O5. The van der Waals surface area contributed by atoms with Gasteiger partial charge in [-0.15, -0.1) is 0 Å². The molecule has 0 spiro atoms. The van der Waals surface area contributed by atoms with Crippen LogP contribution in [0, 0.1) is 0 Å². The van der Waals surface area contributed by atoms with Crippen molar-refractivity contribution in [2.75, 3.05) is 33.9 Å². The Morgan fingerprint density at radius 2 is 1.76 bits per heavy atom. The van der Waals surface area contributed by atoms with Crippen LogP contribution >= 0.6 is 0 Å². The molecular weight excluding hydrogens is 422 g/mol. The summed E-state index contributed by atoms with van der Waals surface area (Å²) >= 11 is 0. The van der Waals surface area contributed by atoms with Crippen LogP contribution in [0.4, 0.5) is 0 Å². The van der Waals surface area contributed by atoms with Crippen LogP contribution in [0.3, 0.4) is 0 Å². The number of fused-ring (bicyclic) bond motifs is 1. The molecule has 0 saturated carbocycles. The topological polar surface area (TPSA) is 88.2 Å². The lowest BCUT2D eigenvalue weighted by Crippen LogP contribution is -2.56.